The van der Waals surface area contributed by atoms with Crippen molar-refractivity contribution in [3.63, 3.8) is 0 Å². The SMILES string of the molecule is C[C]1[C](C)[C](C)[C](C)[C]1C.C[C]1[C](C)[C](C)[C](C)[C]1C.C[Si](C)(C)C#C[C-]=C(C(C#C[Si](C)(C)C)=[C-][Si](C)(C)C)[Si](C)(C)C.[Ti+2]. The van der Waals surface area contributed by atoms with Crippen LogP contribution in [0, 0.1) is 93.9 Å². The van der Waals surface area contributed by atoms with Crippen LogP contribution in [0.25, 0.3) is 0 Å². The summed E-state index contributed by atoms with van der Waals surface area (Å²) < 4.78 is 0. The minimum atomic E-state index is -1.59. The van der Waals surface area contributed by atoms with Gasteiger partial charge < -0.3 is 5.92 Å². The van der Waals surface area contributed by atoms with E-state index >= 15 is 0 Å². The molecule has 0 unspecified atom stereocenters. The first-order valence-corrected chi connectivity index (χ1v) is 30.2. The maximum Gasteiger partial charge on any atom is 2.00 e. The summed E-state index contributed by atoms with van der Waals surface area (Å²) in [5.74, 6) is 21.4. The average molecular weight is 707 g/mol. The minimum absolute atomic E-state index is 0. The van der Waals surface area contributed by atoms with E-state index in [2.05, 4.69) is 183 Å². The molecule has 5 heteroatoms. The van der Waals surface area contributed by atoms with E-state index in [4.69, 9.17) is 0 Å². The molecule has 0 aromatic heterocycles. The number of allylic oxidation sites excluding steroid dienone is 3. The van der Waals surface area contributed by atoms with Crippen LogP contribution in [0.1, 0.15) is 69.2 Å². The Labute approximate surface area is 304 Å². The van der Waals surface area contributed by atoms with Crippen LogP contribution >= 0.6 is 0 Å². The van der Waals surface area contributed by atoms with Gasteiger partial charge in [0.05, 0.1) is 0 Å². The van der Waals surface area contributed by atoms with E-state index in [0.717, 1.165) is 5.57 Å². The smallest absolute Gasteiger partial charge is 0.307 e. The van der Waals surface area contributed by atoms with E-state index in [1.54, 1.807) is 0 Å². The van der Waals surface area contributed by atoms with Crippen molar-refractivity contribution in [3.8, 4) is 22.9 Å². The minimum Gasteiger partial charge on any atom is -0.307 e. The summed E-state index contributed by atoms with van der Waals surface area (Å²) in [6.45, 7) is 49.7. The largest absolute Gasteiger partial charge is 2.00 e. The Morgan fingerprint density at radius 2 is 0.711 bits per heavy atom. The standard InChI is InChI=1S/C20H36Si4.2C10H15.Ti/c1-21(2,3)16-13-14-20(24(10,11)12)19(18-23(7,8)9)15-17-22(4,5)6;2*1-6-7(2)9(4)10(5)8(6)3;/h1-12H3;2*1-5H3;/q-2;;;+2. The number of rotatable bonds is 3. The topological polar surface area (TPSA) is 0 Å². The molecule has 0 aliphatic heterocycles. The fourth-order valence-electron chi connectivity index (χ4n) is 4.50. The molecule has 0 amide bonds. The first-order valence-electron chi connectivity index (χ1n) is 16.2. The maximum atomic E-state index is 3.77. The third kappa shape index (κ3) is 16.9. The zero-order chi connectivity index (χ0) is 35.2. The molecule has 0 nitrogen and oxygen atoms in total. The van der Waals surface area contributed by atoms with Gasteiger partial charge in [-0.1, -0.05) is 148 Å². The molecule has 45 heavy (non-hydrogen) atoms. The Kier molecular flexibility index (Phi) is 19.8. The second-order valence-electron chi connectivity index (χ2n) is 16.8. The molecule has 0 aromatic rings. The molecular formula is C40H66Si4Ti. The first kappa shape index (κ1) is 47.3. The predicted molar refractivity (Wildman–Crippen MR) is 212 cm³/mol. The predicted octanol–water partition coefficient (Wildman–Crippen LogP) is 11.9. The van der Waals surface area contributed by atoms with Crippen molar-refractivity contribution in [2.45, 2.75) is 148 Å². The molecule has 2 aliphatic carbocycles. The summed E-state index contributed by atoms with van der Waals surface area (Å²) in [7, 11) is -5.88. The number of hydrogen-bond donors (Lipinski definition) is 0. The quantitative estimate of drug-likeness (QED) is 0.119. The number of hydrogen-bond acceptors (Lipinski definition) is 0. The normalized spacial score (nSPS) is 20.4. The van der Waals surface area contributed by atoms with Crippen molar-refractivity contribution in [3.05, 3.63) is 81.7 Å². The summed E-state index contributed by atoms with van der Waals surface area (Å²) in [5, 5.41) is 1.25. The van der Waals surface area contributed by atoms with Crippen LogP contribution < -0.4 is 0 Å². The molecule has 2 aliphatic rings. The van der Waals surface area contributed by atoms with Crippen LogP contribution in [-0.4, -0.2) is 32.3 Å². The van der Waals surface area contributed by atoms with Gasteiger partial charge in [0.15, 0.2) is 0 Å². The van der Waals surface area contributed by atoms with E-state index < -0.39 is 32.3 Å². The first-order chi connectivity index (χ1) is 19.5. The third-order valence-electron chi connectivity index (χ3n) is 8.31. The Morgan fingerprint density at radius 1 is 0.444 bits per heavy atom. The van der Waals surface area contributed by atoms with E-state index in [0.29, 0.717) is 0 Å². The summed E-state index contributed by atoms with van der Waals surface area (Å²) in [6.07, 6.45) is 3.46. The van der Waals surface area contributed by atoms with Crippen LogP contribution in [-0.2, 0) is 21.7 Å². The molecule has 0 bridgehead atoms. The fourth-order valence-corrected chi connectivity index (χ4v) is 7.81. The van der Waals surface area contributed by atoms with Gasteiger partial charge >= 0.3 is 21.7 Å². The van der Waals surface area contributed by atoms with Crippen molar-refractivity contribution >= 4 is 32.3 Å². The van der Waals surface area contributed by atoms with Gasteiger partial charge in [0.25, 0.3) is 0 Å². The third-order valence-corrected chi connectivity index (χ3v) is 12.9. The van der Waals surface area contributed by atoms with E-state index in [-0.39, 0.29) is 21.7 Å². The molecular weight excluding hydrogens is 641 g/mol. The van der Waals surface area contributed by atoms with E-state index in [9.17, 15) is 0 Å². The molecule has 0 atom stereocenters. The molecule has 2 saturated carbocycles. The van der Waals surface area contributed by atoms with Gasteiger partial charge in [0.2, 0.25) is 0 Å². The van der Waals surface area contributed by atoms with Crippen LogP contribution in [0.15, 0.2) is 10.8 Å². The van der Waals surface area contributed by atoms with Crippen LogP contribution in [0.5, 0.6) is 0 Å². The van der Waals surface area contributed by atoms with Gasteiger partial charge in [-0.2, -0.15) is 6.08 Å². The summed E-state index contributed by atoms with van der Waals surface area (Å²) in [6, 6.07) is 0. The van der Waals surface area contributed by atoms with Crippen molar-refractivity contribution in [2.75, 3.05) is 0 Å². The molecule has 0 spiro atoms. The second-order valence-corrected chi connectivity index (χ2v) is 36.0. The Bertz CT molecular complexity index is 965. The molecule has 2 rings (SSSR count). The fraction of sp³-hybridized carbons (Fsp3) is 0.550. The second kappa shape index (κ2) is 18.8. The summed E-state index contributed by atoms with van der Waals surface area (Å²) in [5.41, 5.74) is 11.8. The molecule has 10 radical (unpaired) electrons. The zero-order valence-corrected chi connectivity index (χ0v) is 39.1. The molecule has 0 heterocycles. The van der Waals surface area contributed by atoms with Crippen molar-refractivity contribution < 1.29 is 21.7 Å². The van der Waals surface area contributed by atoms with E-state index in [1.165, 1.54) is 64.4 Å². The Balaban J connectivity index is 0. The van der Waals surface area contributed by atoms with Gasteiger partial charge in [0, 0.05) is 8.07 Å². The molecule has 0 saturated heterocycles. The van der Waals surface area contributed by atoms with Gasteiger partial charge in [-0.3, -0.25) is 22.0 Å². The monoisotopic (exact) mass is 706 g/mol. The molecule has 246 valence electrons. The van der Waals surface area contributed by atoms with Crippen LogP contribution in [0.3, 0.4) is 0 Å². The van der Waals surface area contributed by atoms with E-state index in [1.807, 2.05) is 0 Å². The van der Waals surface area contributed by atoms with Gasteiger partial charge in [-0.25, -0.2) is 11.5 Å². The average Bonchev–Trinajstić information content (AvgIpc) is 3.12. The maximum absolute atomic E-state index is 3.77. The van der Waals surface area contributed by atoms with Crippen LogP contribution in [0.4, 0.5) is 0 Å². The van der Waals surface area contributed by atoms with Crippen molar-refractivity contribution in [1.29, 1.82) is 0 Å². The van der Waals surface area contributed by atoms with Crippen LogP contribution in [0.2, 0.25) is 78.6 Å². The van der Waals surface area contributed by atoms with Crippen molar-refractivity contribution in [2.24, 2.45) is 0 Å². The Morgan fingerprint density at radius 3 is 0.911 bits per heavy atom. The zero-order valence-electron chi connectivity index (χ0n) is 33.5. The Hall–Kier alpha value is 0.182. The molecule has 2 fully saturated rings. The van der Waals surface area contributed by atoms with Gasteiger partial charge in [0.1, 0.15) is 8.07 Å². The van der Waals surface area contributed by atoms with Gasteiger partial charge in [-0.15, -0.1) is 0 Å². The summed E-state index contributed by atoms with van der Waals surface area (Å²) >= 11 is 0. The molecule has 0 aromatic carbocycles. The van der Waals surface area contributed by atoms with Gasteiger partial charge in [-0.05, 0) is 75.3 Å². The van der Waals surface area contributed by atoms with Crippen molar-refractivity contribution in [1.82, 2.24) is 0 Å². The summed E-state index contributed by atoms with van der Waals surface area (Å²) in [4.78, 5) is 0. The molecule has 0 N–H and O–H groups in total.